The normalized spacial score (nSPS) is 6.57. The van der Waals surface area contributed by atoms with E-state index < -0.39 is 0 Å². The first-order chi connectivity index (χ1) is 2.77. The first-order valence-corrected chi connectivity index (χ1v) is 2.59. The van der Waals surface area contributed by atoms with Gasteiger partial charge < -0.3 is 5.32 Å². The van der Waals surface area contributed by atoms with E-state index in [0.29, 0.717) is 4.32 Å². The summed E-state index contributed by atoms with van der Waals surface area (Å²) in [5, 5.41) is 2.80. The topological polar surface area (TPSA) is 12.0 Å². The van der Waals surface area contributed by atoms with E-state index in [1.807, 2.05) is 6.92 Å². The fourth-order valence-corrected chi connectivity index (χ4v) is 0.454. The molecular formula is C3H7NS2Zn+2. The molecule has 0 aliphatic rings. The molecule has 0 heterocycles. The van der Waals surface area contributed by atoms with Gasteiger partial charge in [0.2, 0.25) is 0 Å². The molecule has 7 heavy (non-hydrogen) atoms. The zero-order valence-corrected chi connectivity index (χ0v) is 8.95. The van der Waals surface area contributed by atoms with E-state index in [4.69, 9.17) is 0 Å². The van der Waals surface area contributed by atoms with Crippen LogP contribution in [0.4, 0.5) is 0 Å². The summed E-state index contributed by atoms with van der Waals surface area (Å²) in [4.78, 5) is 0. The first-order valence-electron chi connectivity index (χ1n) is 1.74. The average Bonchev–Trinajstić information content (AvgIpc) is 1.35. The predicted molar refractivity (Wildman–Crippen MR) is 35.3 cm³/mol. The van der Waals surface area contributed by atoms with Crippen LogP contribution in [-0.4, -0.2) is 10.9 Å². The van der Waals surface area contributed by atoms with Crippen LogP contribution < -0.4 is 5.32 Å². The van der Waals surface area contributed by atoms with Gasteiger partial charge in [-0.15, -0.1) is 12.6 Å². The van der Waals surface area contributed by atoms with Gasteiger partial charge in [-0.2, -0.15) is 0 Å². The summed E-state index contributed by atoms with van der Waals surface area (Å²) in [7, 11) is 0. The second kappa shape index (κ2) is 6.86. The Bertz CT molecular complexity index is 56.9. The molecule has 0 aromatic heterocycles. The number of thiocarbonyl (C=S) groups is 1. The van der Waals surface area contributed by atoms with Crippen LogP contribution in [0.3, 0.4) is 0 Å². The number of rotatable bonds is 1. The van der Waals surface area contributed by atoms with Crippen molar-refractivity contribution < 1.29 is 19.5 Å². The molecule has 0 unspecified atom stereocenters. The summed E-state index contributed by atoms with van der Waals surface area (Å²) >= 11 is 8.35. The standard InChI is InChI=1S/C3H7NS2.Zn/c1-2-4-3(5)6;/h2H2,1H3,(H2,4,5,6);/q;+2. The summed E-state index contributed by atoms with van der Waals surface area (Å²) in [6.45, 7) is 2.84. The third-order valence-electron chi connectivity index (χ3n) is 0.328. The summed E-state index contributed by atoms with van der Waals surface area (Å²) in [5.74, 6) is 0. The van der Waals surface area contributed by atoms with Crippen molar-refractivity contribution in [2.24, 2.45) is 0 Å². The number of thiol groups is 1. The molecule has 1 nitrogen and oxygen atoms in total. The molecule has 0 bridgehead atoms. The number of hydrogen-bond acceptors (Lipinski definition) is 1. The van der Waals surface area contributed by atoms with Crippen molar-refractivity contribution in [3.63, 3.8) is 0 Å². The van der Waals surface area contributed by atoms with Crippen molar-refractivity contribution in [2.75, 3.05) is 6.54 Å². The van der Waals surface area contributed by atoms with Crippen molar-refractivity contribution in [1.82, 2.24) is 5.32 Å². The molecule has 0 fully saturated rings. The van der Waals surface area contributed by atoms with Crippen LogP contribution >= 0.6 is 24.8 Å². The minimum atomic E-state index is 0. The van der Waals surface area contributed by atoms with Gasteiger partial charge in [0.25, 0.3) is 0 Å². The van der Waals surface area contributed by atoms with Gasteiger partial charge in [-0.25, -0.2) is 0 Å². The monoisotopic (exact) mass is 185 g/mol. The van der Waals surface area contributed by atoms with Crippen molar-refractivity contribution in [1.29, 1.82) is 0 Å². The van der Waals surface area contributed by atoms with E-state index in [2.05, 4.69) is 30.2 Å². The minimum absolute atomic E-state index is 0. The fraction of sp³-hybridized carbons (Fsp3) is 0.667. The molecule has 0 atom stereocenters. The van der Waals surface area contributed by atoms with E-state index in [9.17, 15) is 0 Å². The van der Waals surface area contributed by atoms with Crippen LogP contribution in [0, 0.1) is 0 Å². The Kier molecular flexibility index (Phi) is 10.6. The van der Waals surface area contributed by atoms with Crippen LogP contribution in [-0.2, 0) is 19.5 Å². The van der Waals surface area contributed by atoms with E-state index in [-0.39, 0.29) is 19.5 Å². The van der Waals surface area contributed by atoms with E-state index >= 15 is 0 Å². The fourth-order valence-electron chi connectivity index (χ4n) is 0.151. The van der Waals surface area contributed by atoms with Gasteiger partial charge >= 0.3 is 19.5 Å². The van der Waals surface area contributed by atoms with Gasteiger partial charge in [-0.1, -0.05) is 12.2 Å². The maximum Gasteiger partial charge on any atom is 2.00 e. The molecule has 0 aromatic rings. The SMILES string of the molecule is CCNC(=S)S.[Zn+2]. The summed E-state index contributed by atoms with van der Waals surface area (Å²) in [5.41, 5.74) is 0. The van der Waals surface area contributed by atoms with Gasteiger partial charge in [0.1, 0.15) is 4.32 Å². The Hall–Kier alpha value is 0.863. The van der Waals surface area contributed by atoms with E-state index in [1.54, 1.807) is 0 Å². The molecule has 0 rings (SSSR count). The largest absolute Gasteiger partial charge is 2.00 e. The third kappa shape index (κ3) is 10.9. The van der Waals surface area contributed by atoms with Crippen LogP contribution in [0.2, 0.25) is 0 Å². The maximum absolute atomic E-state index is 4.55. The van der Waals surface area contributed by atoms with E-state index in [1.165, 1.54) is 0 Å². The summed E-state index contributed by atoms with van der Waals surface area (Å²) < 4.78 is 0.567. The summed E-state index contributed by atoms with van der Waals surface area (Å²) in [6, 6.07) is 0. The van der Waals surface area contributed by atoms with Crippen molar-refractivity contribution in [3.05, 3.63) is 0 Å². The van der Waals surface area contributed by atoms with Crippen molar-refractivity contribution in [3.8, 4) is 0 Å². The van der Waals surface area contributed by atoms with Crippen LogP contribution in [0.15, 0.2) is 0 Å². The van der Waals surface area contributed by atoms with Crippen LogP contribution in [0.1, 0.15) is 6.92 Å². The van der Waals surface area contributed by atoms with Crippen LogP contribution in [0.5, 0.6) is 0 Å². The zero-order chi connectivity index (χ0) is 4.99. The molecule has 0 spiro atoms. The van der Waals surface area contributed by atoms with Gasteiger partial charge in [0.15, 0.2) is 0 Å². The molecule has 0 radical (unpaired) electrons. The maximum atomic E-state index is 4.55. The molecule has 0 aliphatic heterocycles. The van der Waals surface area contributed by atoms with Crippen molar-refractivity contribution in [2.45, 2.75) is 6.92 Å². The minimum Gasteiger partial charge on any atom is -0.371 e. The van der Waals surface area contributed by atoms with E-state index in [0.717, 1.165) is 6.54 Å². The molecule has 36 valence electrons. The Morgan fingerprint density at radius 3 is 2.29 bits per heavy atom. The molecule has 0 saturated heterocycles. The van der Waals surface area contributed by atoms with Gasteiger partial charge in [-0.05, 0) is 6.92 Å². The van der Waals surface area contributed by atoms with Crippen LogP contribution in [0.25, 0.3) is 0 Å². The third-order valence-corrected chi connectivity index (χ3v) is 0.630. The number of nitrogens with one attached hydrogen (secondary N) is 1. The smallest absolute Gasteiger partial charge is 0.371 e. The van der Waals surface area contributed by atoms with Gasteiger partial charge in [0.05, 0.1) is 0 Å². The molecule has 0 amide bonds. The Balaban J connectivity index is 0. The quantitative estimate of drug-likeness (QED) is 0.357. The predicted octanol–water partition coefficient (Wildman–Crippen LogP) is 0.808. The molecule has 0 aliphatic carbocycles. The molecule has 4 heteroatoms. The second-order valence-corrected chi connectivity index (χ2v) is 1.99. The Morgan fingerprint density at radius 1 is 1.86 bits per heavy atom. The Labute approximate surface area is 67.4 Å². The Morgan fingerprint density at radius 2 is 2.29 bits per heavy atom. The second-order valence-electron chi connectivity index (χ2n) is 0.835. The molecule has 0 aromatic carbocycles. The molecule has 0 saturated carbocycles. The van der Waals surface area contributed by atoms with Crippen molar-refractivity contribution >= 4 is 29.2 Å². The summed E-state index contributed by atoms with van der Waals surface area (Å²) in [6.07, 6.45) is 0. The average molecular weight is 187 g/mol. The molecule has 1 N–H and O–H groups in total. The van der Waals surface area contributed by atoms with Gasteiger partial charge in [-0.3, -0.25) is 0 Å². The first kappa shape index (κ1) is 10.8. The number of hydrogen-bond donors (Lipinski definition) is 2. The zero-order valence-electron chi connectivity index (χ0n) is 4.27. The molecular weight excluding hydrogens is 180 g/mol. The van der Waals surface area contributed by atoms with Gasteiger partial charge in [0, 0.05) is 6.54 Å².